The van der Waals surface area contributed by atoms with Gasteiger partial charge in [-0.15, -0.1) is 12.4 Å². The first-order valence-corrected chi connectivity index (χ1v) is 3.88. The number of aliphatic imine (C=N–C) groups is 1. The number of halogens is 1. The monoisotopic (exact) mass is 204 g/mol. The number of allylic oxidation sites excluding steroid dienone is 1. The van der Waals surface area contributed by atoms with Gasteiger partial charge in [0.25, 0.3) is 0 Å². The van der Waals surface area contributed by atoms with E-state index in [1.807, 2.05) is 0 Å². The van der Waals surface area contributed by atoms with Gasteiger partial charge in [0.1, 0.15) is 0 Å². The molecule has 0 saturated heterocycles. The van der Waals surface area contributed by atoms with Crippen molar-refractivity contribution in [1.82, 2.24) is 5.32 Å². The highest BCUT2D eigenvalue weighted by Gasteiger charge is 2.19. The summed E-state index contributed by atoms with van der Waals surface area (Å²) in [4.78, 5) is 15.1. The predicted octanol–water partition coefficient (Wildman–Crippen LogP) is 0.733. The summed E-state index contributed by atoms with van der Waals surface area (Å²) in [5.41, 5.74) is 0. The zero-order chi connectivity index (χ0) is 8.81. The fourth-order valence-electron chi connectivity index (χ4n) is 0.893. The fraction of sp³-hybridized carbons (Fsp3) is 0.500. The topological polar surface area (TPSA) is 50.7 Å². The van der Waals surface area contributed by atoms with Crippen LogP contribution in [0, 0.1) is 5.92 Å². The number of carbonyl (C=O) groups is 1. The van der Waals surface area contributed by atoms with E-state index in [1.165, 1.54) is 6.26 Å². The Morgan fingerprint density at radius 1 is 1.77 bits per heavy atom. The largest absolute Gasteiger partial charge is 0.435 e. The summed E-state index contributed by atoms with van der Waals surface area (Å²) in [6, 6.07) is 0. The number of hydrogen-bond acceptors (Lipinski definition) is 4. The van der Waals surface area contributed by atoms with Gasteiger partial charge in [-0.25, -0.2) is 0 Å². The molecule has 0 fully saturated rings. The van der Waals surface area contributed by atoms with Crippen molar-refractivity contribution in [1.29, 1.82) is 0 Å². The second kappa shape index (κ2) is 6.48. The van der Waals surface area contributed by atoms with Gasteiger partial charge in [-0.05, 0) is 6.92 Å². The SMILES string of the molecule is C/C=C/OC(=O)C1CN=CNC1.Cl. The number of carbonyl (C=O) groups excluding carboxylic acids is 1. The van der Waals surface area contributed by atoms with Crippen molar-refractivity contribution < 1.29 is 9.53 Å². The van der Waals surface area contributed by atoms with Crippen LogP contribution in [0.2, 0.25) is 0 Å². The second-order valence-corrected chi connectivity index (χ2v) is 2.51. The van der Waals surface area contributed by atoms with Crippen LogP contribution in [-0.4, -0.2) is 25.4 Å². The minimum absolute atomic E-state index is 0. The maximum atomic E-state index is 11.2. The van der Waals surface area contributed by atoms with Crippen molar-refractivity contribution >= 4 is 24.7 Å². The van der Waals surface area contributed by atoms with Crippen LogP contribution in [0.5, 0.6) is 0 Å². The van der Waals surface area contributed by atoms with Crippen LogP contribution in [0.4, 0.5) is 0 Å². The van der Waals surface area contributed by atoms with E-state index in [4.69, 9.17) is 4.74 Å². The first kappa shape index (κ1) is 12.0. The maximum Gasteiger partial charge on any atom is 0.317 e. The molecule has 0 aromatic carbocycles. The fourth-order valence-corrected chi connectivity index (χ4v) is 0.893. The Morgan fingerprint density at radius 2 is 2.54 bits per heavy atom. The zero-order valence-electron chi connectivity index (χ0n) is 7.40. The third kappa shape index (κ3) is 3.94. The summed E-state index contributed by atoms with van der Waals surface area (Å²) >= 11 is 0. The van der Waals surface area contributed by atoms with Gasteiger partial charge >= 0.3 is 5.97 Å². The van der Waals surface area contributed by atoms with E-state index >= 15 is 0 Å². The molecule has 0 saturated carbocycles. The lowest BCUT2D eigenvalue weighted by Crippen LogP contribution is -2.34. The summed E-state index contributed by atoms with van der Waals surface area (Å²) < 4.78 is 4.80. The van der Waals surface area contributed by atoms with Crippen molar-refractivity contribution in [3.63, 3.8) is 0 Å². The van der Waals surface area contributed by atoms with Gasteiger partial charge in [0, 0.05) is 6.54 Å². The number of ether oxygens (including phenoxy) is 1. The molecule has 4 nitrogen and oxygen atoms in total. The first-order chi connectivity index (χ1) is 5.84. The normalized spacial score (nSPS) is 20.5. The minimum atomic E-state index is -0.225. The number of rotatable bonds is 2. The molecule has 0 amide bonds. The third-order valence-corrected chi connectivity index (χ3v) is 1.53. The van der Waals surface area contributed by atoms with Crippen molar-refractivity contribution in [2.45, 2.75) is 6.92 Å². The molecule has 0 aliphatic carbocycles. The van der Waals surface area contributed by atoms with Crippen molar-refractivity contribution in [3.8, 4) is 0 Å². The zero-order valence-corrected chi connectivity index (χ0v) is 8.21. The summed E-state index contributed by atoms with van der Waals surface area (Å²) in [7, 11) is 0. The average Bonchev–Trinajstić information content (AvgIpc) is 2.15. The van der Waals surface area contributed by atoms with Crippen molar-refractivity contribution in [3.05, 3.63) is 12.3 Å². The molecule has 74 valence electrons. The van der Waals surface area contributed by atoms with E-state index in [0.717, 1.165) is 0 Å². The molecule has 1 aliphatic heterocycles. The Morgan fingerprint density at radius 3 is 3.08 bits per heavy atom. The number of nitrogens with zero attached hydrogens (tertiary/aromatic N) is 1. The Balaban J connectivity index is 0.00000144. The Hall–Kier alpha value is -1.03. The van der Waals surface area contributed by atoms with Crippen LogP contribution in [0.3, 0.4) is 0 Å². The van der Waals surface area contributed by atoms with E-state index in [-0.39, 0.29) is 24.3 Å². The van der Waals surface area contributed by atoms with Crippen LogP contribution in [0.1, 0.15) is 6.92 Å². The summed E-state index contributed by atoms with van der Waals surface area (Å²) in [6.45, 7) is 2.92. The molecular formula is C8H13ClN2O2. The van der Waals surface area contributed by atoms with Gasteiger partial charge in [-0.3, -0.25) is 9.79 Å². The third-order valence-electron chi connectivity index (χ3n) is 1.53. The molecule has 0 bridgehead atoms. The van der Waals surface area contributed by atoms with Gasteiger partial charge < -0.3 is 10.1 Å². The number of hydrogen-bond donors (Lipinski definition) is 1. The molecule has 0 spiro atoms. The van der Waals surface area contributed by atoms with Gasteiger partial charge in [0.2, 0.25) is 0 Å². The molecule has 1 N–H and O–H groups in total. The molecular weight excluding hydrogens is 192 g/mol. The quantitative estimate of drug-likeness (QED) is 0.533. The van der Waals surface area contributed by atoms with Gasteiger partial charge in [-0.1, -0.05) is 6.08 Å². The average molecular weight is 205 g/mol. The van der Waals surface area contributed by atoms with Gasteiger partial charge in [0.05, 0.1) is 25.1 Å². The summed E-state index contributed by atoms with van der Waals surface area (Å²) in [5.74, 6) is -0.372. The highest BCUT2D eigenvalue weighted by Crippen LogP contribution is 2.02. The molecule has 13 heavy (non-hydrogen) atoms. The molecule has 0 aromatic rings. The molecule has 1 heterocycles. The maximum absolute atomic E-state index is 11.2. The van der Waals surface area contributed by atoms with Crippen molar-refractivity contribution in [2.75, 3.05) is 13.1 Å². The second-order valence-electron chi connectivity index (χ2n) is 2.51. The smallest absolute Gasteiger partial charge is 0.317 e. The Kier molecular flexibility index (Phi) is 5.97. The highest BCUT2D eigenvalue weighted by atomic mass is 35.5. The minimum Gasteiger partial charge on any atom is -0.435 e. The van der Waals surface area contributed by atoms with Gasteiger partial charge in [-0.2, -0.15) is 0 Å². The lowest BCUT2D eigenvalue weighted by Gasteiger charge is -2.15. The lowest BCUT2D eigenvalue weighted by molar-refractivity contribution is -0.142. The van der Waals surface area contributed by atoms with E-state index in [1.54, 1.807) is 19.3 Å². The predicted molar refractivity (Wildman–Crippen MR) is 53.0 cm³/mol. The summed E-state index contributed by atoms with van der Waals surface area (Å²) in [5, 5.41) is 2.88. The summed E-state index contributed by atoms with van der Waals surface area (Å²) in [6.07, 6.45) is 4.68. The van der Waals surface area contributed by atoms with E-state index in [9.17, 15) is 4.79 Å². The van der Waals surface area contributed by atoms with Crippen LogP contribution in [0.15, 0.2) is 17.3 Å². The van der Waals surface area contributed by atoms with Crippen molar-refractivity contribution in [2.24, 2.45) is 10.9 Å². The highest BCUT2D eigenvalue weighted by molar-refractivity contribution is 5.85. The Labute approximate surface area is 83.5 Å². The van der Waals surface area contributed by atoms with E-state index in [2.05, 4.69) is 10.3 Å². The number of nitrogens with one attached hydrogen (secondary N) is 1. The van der Waals surface area contributed by atoms with Crippen LogP contribution < -0.4 is 5.32 Å². The lowest BCUT2D eigenvalue weighted by atomic mass is 10.1. The molecule has 1 unspecified atom stereocenters. The molecule has 5 heteroatoms. The first-order valence-electron chi connectivity index (χ1n) is 3.88. The molecule has 0 aromatic heterocycles. The molecule has 1 atom stereocenters. The molecule has 0 radical (unpaired) electrons. The van der Waals surface area contributed by atoms with Crippen LogP contribution >= 0.6 is 12.4 Å². The van der Waals surface area contributed by atoms with E-state index in [0.29, 0.717) is 13.1 Å². The standard InChI is InChI=1S/C8H12N2O2.ClH/c1-2-3-12-8(11)7-4-9-6-10-5-7;/h2-3,6-7H,4-5H2,1H3,(H,9,10);1H/b3-2+;. The van der Waals surface area contributed by atoms with E-state index < -0.39 is 0 Å². The number of esters is 1. The van der Waals surface area contributed by atoms with Crippen LogP contribution in [0.25, 0.3) is 0 Å². The molecule has 1 rings (SSSR count). The van der Waals surface area contributed by atoms with Gasteiger partial charge in [0.15, 0.2) is 0 Å². The Bertz CT molecular complexity index is 216. The van der Waals surface area contributed by atoms with Crippen LogP contribution in [-0.2, 0) is 9.53 Å². The molecule has 1 aliphatic rings.